The van der Waals surface area contributed by atoms with Crippen molar-refractivity contribution in [1.82, 2.24) is 4.98 Å². The van der Waals surface area contributed by atoms with Crippen LogP contribution < -0.4 is 0 Å². The Morgan fingerprint density at radius 3 is 2.54 bits per heavy atom. The Kier molecular flexibility index (Phi) is 5.36. The maximum Gasteiger partial charge on any atom is 0.0504 e. The molecular weight excluding hydrogens is 237 g/mol. The normalized spacial score (nSPS) is 8.77. The second kappa shape index (κ2) is 5.47. The summed E-state index contributed by atoms with van der Waals surface area (Å²) < 4.78 is 0. The molecule has 1 heterocycles. The van der Waals surface area contributed by atoms with Crippen molar-refractivity contribution in [2.75, 3.05) is 0 Å². The molecular formula is C10H11N2Y-. The van der Waals surface area contributed by atoms with Crippen molar-refractivity contribution in [2.24, 2.45) is 0 Å². The third-order valence-corrected chi connectivity index (χ3v) is 1.91. The zero-order chi connectivity index (χ0) is 9.14. The molecule has 0 saturated carbocycles. The molecule has 0 aliphatic rings. The Bertz CT molecular complexity index is 340. The van der Waals surface area contributed by atoms with Crippen molar-refractivity contribution in [1.29, 1.82) is 5.26 Å². The minimum absolute atomic E-state index is 0. The molecule has 1 aromatic rings. The van der Waals surface area contributed by atoms with Gasteiger partial charge in [-0.2, -0.15) is 6.07 Å². The molecule has 0 aliphatic heterocycles. The number of aromatic nitrogens is 1. The van der Waals surface area contributed by atoms with Gasteiger partial charge in [0.15, 0.2) is 0 Å². The van der Waals surface area contributed by atoms with Gasteiger partial charge >= 0.3 is 0 Å². The molecule has 0 amide bonds. The van der Waals surface area contributed by atoms with Gasteiger partial charge in [-0.1, -0.05) is 32.9 Å². The topological polar surface area (TPSA) is 36.7 Å². The van der Waals surface area contributed by atoms with Crippen molar-refractivity contribution in [3.8, 4) is 6.07 Å². The molecule has 1 rings (SSSR count). The molecule has 0 bridgehead atoms. The fourth-order valence-corrected chi connectivity index (χ4v) is 1.04. The smallest absolute Gasteiger partial charge is 0.0504 e. The molecule has 65 valence electrons. The first-order valence-electron chi connectivity index (χ1n) is 3.98. The van der Waals surface area contributed by atoms with E-state index in [0.29, 0.717) is 5.69 Å². The Morgan fingerprint density at radius 1 is 1.46 bits per heavy atom. The molecule has 0 atom stereocenters. The van der Waals surface area contributed by atoms with Gasteiger partial charge < -0.3 is 4.98 Å². The van der Waals surface area contributed by atoms with Crippen LogP contribution >= 0.6 is 0 Å². The van der Waals surface area contributed by atoms with Crippen LogP contribution in [0.3, 0.4) is 0 Å². The van der Waals surface area contributed by atoms with E-state index in [1.54, 1.807) is 0 Å². The first-order chi connectivity index (χ1) is 5.69. The van der Waals surface area contributed by atoms with E-state index in [1.807, 2.05) is 20.8 Å². The summed E-state index contributed by atoms with van der Waals surface area (Å²) in [4.78, 5) is 4.17. The summed E-state index contributed by atoms with van der Waals surface area (Å²) in [6, 6.07) is 5.23. The summed E-state index contributed by atoms with van der Waals surface area (Å²) in [5.74, 6) is 0. The van der Waals surface area contributed by atoms with Crippen LogP contribution in [0.25, 0.3) is 0 Å². The van der Waals surface area contributed by atoms with E-state index in [0.717, 1.165) is 23.2 Å². The van der Waals surface area contributed by atoms with E-state index >= 15 is 0 Å². The van der Waals surface area contributed by atoms with Crippen LogP contribution in [0.5, 0.6) is 0 Å². The van der Waals surface area contributed by atoms with Crippen LogP contribution in [0.1, 0.15) is 29.4 Å². The summed E-state index contributed by atoms with van der Waals surface area (Å²) in [6.07, 6.45) is 0.816. The van der Waals surface area contributed by atoms with Gasteiger partial charge in [0.2, 0.25) is 0 Å². The van der Waals surface area contributed by atoms with Crippen LogP contribution in [-0.2, 0) is 39.1 Å². The van der Waals surface area contributed by atoms with E-state index < -0.39 is 0 Å². The molecule has 0 saturated heterocycles. The number of nitriles is 1. The van der Waals surface area contributed by atoms with Crippen LogP contribution in [0.2, 0.25) is 0 Å². The number of pyridine rings is 1. The van der Waals surface area contributed by atoms with Gasteiger partial charge in [-0.25, -0.2) is 5.26 Å². The van der Waals surface area contributed by atoms with Gasteiger partial charge in [0, 0.05) is 38.4 Å². The van der Waals surface area contributed by atoms with Gasteiger partial charge in [-0.05, 0) is 0 Å². The number of rotatable bonds is 1. The second-order valence-electron chi connectivity index (χ2n) is 2.74. The number of hydrogen-bond acceptors (Lipinski definition) is 2. The van der Waals surface area contributed by atoms with Crippen molar-refractivity contribution in [3.63, 3.8) is 0 Å². The summed E-state index contributed by atoms with van der Waals surface area (Å²) in [5.41, 5.74) is 3.36. The van der Waals surface area contributed by atoms with Gasteiger partial charge in [0.1, 0.15) is 0 Å². The van der Waals surface area contributed by atoms with Crippen molar-refractivity contribution in [3.05, 3.63) is 28.6 Å². The first-order valence-corrected chi connectivity index (χ1v) is 3.98. The van der Waals surface area contributed by atoms with E-state index in [9.17, 15) is 0 Å². The van der Waals surface area contributed by atoms with Gasteiger partial charge in [0.25, 0.3) is 0 Å². The minimum atomic E-state index is 0. The van der Waals surface area contributed by atoms with E-state index in [1.165, 1.54) is 0 Å². The monoisotopic (exact) mass is 248 g/mol. The molecule has 0 aromatic carbocycles. The predicted molar refractivity (Wildman–Crippen MR) is 46.6 cm³/mol. The average molecular weight is 248 g/mol. The average Bonchev–Trinajstić information content (AvgIpc) is 2.09. The first kappa shape index (κ1) is 12.7. The summed E-state index contributed by atoms with van der Waals surface area (Å²) in [5, 5.41) is 8.73. The largest absolute Gasteiger partial charge is 0.369 e. The molecule has 0 spiro atoms. The van der Waals surface area contributed by atoms with Crippen LogP contribution in [0.15, 0.2) is 0 Å². The Morgan fingerprint density at radius 2 is 2.08 bits per heavy atom. The molecule has 13 heavy (non-hydrogen) atoms. The Hall–Kier alpha value is -0.256. The molecule has 0 unspecified atom stereocenters. The maximum absolute atomic E-state index is 8.73. The van der Waals surface area contributed by atoms with Gasteiger partial charge in [0.05, 0.1) is 6.07 Å². The Balaban J connectivity index is 0.00000144. The number of nitrogens with zero attached hydrogens (tertiary/aromatic N) is 2. The molecule has 3 heteroatoms. The van der Waals surface area contributed by atoms with Gasteiger partial charge in [-0.3, -0.25) is 0 Å². The minimum Gasteiger partial charge on any atom is -0.369 e. The van der Waals surface area contributed by atoms with Crippen LogP contribution in [0.4, 0.5) is 0 Å². The van der Waals surface area contributed by atoms with E-state index in [4.69, 9.17) is 5.26 Å². The standard InChI is InChI=1S/C10H11N2.Y/c1-4-9-5-7(2)8(3)12-10(9)6-11;/h4H2,1-3H3;/q-1;. The zero-order valence-corrected chi connectivity index (χ0v) is 11.0. The molecule has 0 fully saturated rings. The predicted octanol–water partition coefficient (Wildman–Crippen LogP) is 1.93. The second-order valence-corrected chi connectivity index (χ2v) is 2.74. The third kappa shape index (κ3) is 2.86. The molecule has 0 aliphatic carbocycles. The van der Waals surface area contributed by atoms with Crippen molar-refractivity contribution >= 4 is 0 Å². The molecule has 2 nitrogen and oxygen atoms in total. The SMILES string of the molecule is CCc1[c-]c(C)c(C)nc1C#N.[Y]. The molecule has 1 aromatic heterocycles. The summed E-state index contributed by atoms with van der Waals surface area (Å²) in [6.45, 7) is 5.86. The van der Waals surface area contributed by atoms with E-state index in [2.05, 4.69) is 17.1 Å². The third-order valence-electron chi connectivity index (χ3n) is 1.91. The fraction of sp³-hybridized carbons (Fsp3) is 0.400. The van der Waals surface area contributed by atoms with Crippen molar-refractivity contribution < 1.29 is 32.7 Å². The number of hydrogen-bond donors (Lipinski definition) is 0. The molecule has 0 N–H and O–H groups in total. The van der Waals surface area contributed by atoms with Crippen LogP contribution in [-0.4, -0.2) is 4.98 Å². The molecule has 1 radical (unpaired) electrons. The van der Waals surface area contributed by atoms with Crippen LogP contribution in [0, 0.1) is 31.2 Å². The fourth-order valence-electron chi connectivity index (χ4n) is 1.04. The van der Waals surface area contributed by atoms with Crippen molar-refractivity contribution in [2.45, 2.75) is 27.2 Å². The number of aryl methyl sites for hydroxylation is 3. The summed E-state index contributed by atoms with van der Waals surface area (Å²) in [7, 11) is 0. The van der Waals surface area contributed by atoms with E-state index in [-0.39, 0.29) is 32.7 Å². The van der Waals surface area contributed by atoms with Gasteiger partial charge in [-0.15, -0.1) is 11.1 Å². The quantitative estimate of drug-likeness (QED) is 0.712. The Labute approximate surface area is 104 Å². The zero-order valence-electron chi connectivity index (χ0n) is 8.18. The maximum atomic E-state index is 8.73. The summed E-state index contributed by atoms with van der Waals surface area (Å²) >= 11 is 0.